The Morgan fingerprint density at radius 2 is 1.88 bits per heavy atom. The van der Waals surface area contributed by atoms with E-state index in [1.807, 2.05) is 57.3 Å². The summed E-state index contributed by atoms with van der Waals surface area (Å²) in [4.78, 5) is 18.1. The minimum absolute atomic E-state index is 0.482. The number of aliphatic carboxylic acids is 1. The van der Waals surface area contributed by atoms with Crippen LogP contribution >= 0.6 is 0 Å². The molecule has 0 atom stereocenters. The highest BCUT2D eigenvalue weighted by molar-refractivity contribution is 5.73. The molecule has 1 aliphatic rings. The number of aromatic nitrogens is 3. The molecule has 3 N–H and O–H groups in total. The number of para-hydroxylation sites is 1. The van der Waals surface area contributed by atoms with Gasteiger partial charge in [0.25, 0.3) is 5.89 Å². The summed E-state index contributed by atoms with van der Waals surface area (Å²) in [6.45, 7) is 7.86. The Kier molecular flexibility index (Phi) is 7.01. The molecule has 0 amide bonds. The number of halogens is 3. The third-order valence-corrected chi connectivity index (χ3v) is 4.99. The van der Waals surface area contributed by atoms with Crippen molar-refractivity contribution in [2.45, 2.75) is 45.5 Å². The molecule has 2 aromatic heterocycles. The van der Waals surface area contributed by atoms with Gasteiger partial charge in [0.15, 0.2) is 0 Å². The highest BCUT2D eigenvalue weighted by atomic mass is 19.4. The van der Waals surface area contributed by atoms with Gasteiger partial charge in [0.05, 0.1) is 0 Å². The Labute approximate surface area is 188 Å². The van der Waals surface area contributed by atoms with Crippen LogP contribution in [0.4, 0.5) is 18.9 Å². The maximum Gasteiger partial charge on any atom is 0.490 e. The fourth-order valence-corrected chi connectivity index (χ4v) is 3.38. The summed E-state index contributed by atoms with van der Waals surface area (Å²) in [5.74, 6) is -1.58. The van der Waals surface area contributed by atoms with Gasteiger partial charge in [-0.2, -0.15) is 18.2 Å². The van der Waals surface area contributed by atoms with E-state index < -0.39 is 17.7 Å². The third-order valence-electron chi connectivity index (χ3n) is 4.99. The van der Waals surface area contributed by atoms with Crippen molar-refractivity contribution in [3.63, 3.8) is 0 Å². The first-order valence-corrected chi connectivity index (χ1v) is 10.1. The molecule has 3 aromatic rings. The van der Waals surface area contributed by atoms with Crippen molar-refractivity contribution in [2.24, 2.45) is 0 Å². The van der Waals surface area contributed by atoms with Crippen LogP contribution in [-0.4, -0.2) is 38.9 Å². The van der Waals surface area contributed by atoms with Gasteiger partial charge in [0.2, 0.25) is 5.82 Å². The number of rotatable bonds is 4. The van der Waals surface area contributed by atoms with Gasteiger partial charge >= 0.3 is 12.1 Å². The van der Waals surface area contributed by atoms with Gasteiger partial charge in [-0.3, -0.25) is 4.98 Å². The SMILES string of the molecule is Cc1ncc2c(c1-c1noc(C(C)(C)Nc3ccccc3)n1)CCNC2.O=C(O)C(F)(F)F. The lowest BCUT2D eigenvalue weighted by Crippen LogP contribution is -2.28. The third kappa shape index (κ3) is 5.86. The second kappa shape index (κ2) is 9.57. The number of anilines is 1. The molecule has 0 fully saturated rings. The van der Waals surface area contributed by atoms with Gasteiger partial charge < -0.3 is 20.3 Å². The van der Waals surface area contributed by atoms with Crippen molar-refractivity contribution in [3.05, 3.63) is 59.2 Å². The monoisotopic (exact) mass is 463 g/mol. The Bertz CT molecular complexity index is 1110. The Morgan fingerprint density at radius 1 is 1.21 bits per heavy atom. The van der Waals surface area contributed by atoms with Crippen LogP contribution in [0.1, 0.15) is 36.6 Å². The fourth-order valence-electron chi connectivity index (χ4n) is 3.38. The molecule has 0 saturated carbocycles. The molecule has 8 nitrogen and oxygen atoms in total. The Balaban J connectivity index is 0.000000383. The van der Waals surface area contributed by atoms with Crippen LogP contribution in [-0.2, 0) is 23.3 Å². The number of benzene rings is 1. The quantitative estimate of drug-likeness (QED) is 0.531. The van der Waals surface area contributed by atoms with E-state index in [2.05, 4.69) is 20.8 Å². The molecular formula is C22H24F3N5O3. The highest BCUT2D eigenvalue weighted by Crippen LogP contribution is 2.31. The standard InChI is InChI=1S/C20H23N5O.C2HF3O2/c1-13-17(16-9-10-21-11-14(16)12-22-13)18-23-19(26-25-18)20(2,3)24-15-7-5-4-6-8-15;3-2(4,5)1(6)7/h4-8,12,21,24H,9-11H2,1-3H3;(H,6,7). The number of fused-ring (bicyclic) bond motifs is 1. The minimum Gasteiger partial charge on any atom is -0.475 e. The predicted octanol–water partition coefficient (Wildman–Crippen LogP) is 4.07. The average Bonchev–Trinajstić information content (AvgIpc) is 3.24. The van der Waals surface area contributed by atoms with Gasteiger partial charge in [0, 0.05) is 29.7 Å². The molecular weight excluding hydrogens is 439 g/mol. The number of hydrogen-bond donors (Lipinski definition) is 3. The van der Waals surface area contributed by atoms with E-state index >= 15 is 0 Å². The summed E-state index contributed by atoms with van der Waals surface area (Å²) in [6, 6.07) is 10.0. The number of carboxylic acids is 1. The maximum atomic E-state index is 10.6. The first-order valence-electron chi connectivity index (χ1n) is 10.1. The van der Waals surface area contributed by atoms with E-state index in [1.54, 1.807) is 0 Å². The van der Waals surface area contributed by atoms with E-state index in [0.29, 0.717) is 11.7 Å². The normalized spacial score (nSPS) is 13.5. The molecule has 0 radical (unpaired) electrons. The van der Waals surface area contributed by atoms with E-state index in [9.17, 15) is 13.2 Å². The van der Waals surface area contributed by atoms with Crippen molar-refractivity contribution in [1.82, 2.24) is 20.4 Å². The number of carboxylic acid groups (broad SMARTS) is 1. The predicted molar refractivity (Wildman–Crippen MR) is 114 cm³/mol. The lowest BCUT2D eigenvalue weighted by atomic mass is 9.95. The lowest BCUT2D eigenvalue weighted by molar-refractivity contribution is -0.192. The van der Waals surface area contributed by atoms with Crippen LogP contribution in [0.5, 0.6) is 0 Å². The summed E-state index contributed by atoms with van der Waals surface area (Å²) < 4.78 is 37.4. The largest absolute Gasteiger partial charge is 0.490 e. The van der Waals surface area contributed by atoms with Crippen LogP contribution in [0.2, 0.25) is 0 Å². The van der Waals surface area contributed by atoms with Gasteiger partial charge in [-0.1, -0.05) is 23.4 Å². The van der Waals surface area contributed by atoms with Gasteiger partial charge in [-0.05, 0) is 57.0 Å². The smallest absolute Gasteiger partial charge is 0.475 e. The summed E-state index contributed by atoms with van der Waals surface area (Å²) in [5.41, 5.74) is 4.96. The zero-order valence-corrected chi connectivity index (χ0v) is 18.3. The van der Waals surface area contributed by atoms with Crippen LogP contribution in [0.25, 0.3) is 11.4 Å². The van der Waals surface area contributed by atoms with Crippen LogP contribution in [0.3, 0.4) is 0 Å². The van der Waals surface area contributed by atoms with Crippen LogP contribution in [0.15, 0.2) is 41.1 Å². The first kappa shape index (κ1) is 24.2. The molecule has 0 unspecified atom stereocenters. The fraction of sp³-hybridized carbons (Fsp3) is 0.364. The van der Waals surface area contributed by atoms with Crippen molar-refractivity contribution in [2.75, 3.05) is 11.9 Å². The second-order valence-electron chi connectivity index (χ2n) is 7.99. The molecule has 0 bridgehead atoms. The molecule has 4 rings (SSSR count). The van der Waals surface area contributed by atoms with E-state index in [1.165, 1.54) is 11.1 Å². The molecule has 1 aromatic carbocycles. The molecule has 0 saturated heterocycles. The van der Waals surface area contributed by atoms with E-state index in [4.69, 9.17) is 19.4 Å². The zero-order valence-electron chi connectivity index (χ0n) is 18.3. The number of nitrogens with zero attached hydrogens (tertiary/aromatic N) is 3. The molecule has 11 heteroatoms. The average molecular weight is 463 g/mol. The summed E-state index contributed by atoms with van der Waals surface area (Å²) in [5, 5.41) is 18.2. The molecule has 0 spiro atoms. The lowest BCUT2D eigenvalue weighted by Gasteiger charge is -2.23. The number of alkyl halides is 3. The molecule has 1 aliphatic heterocycles. The first-order chi connectivity index (χ1) is 15.5. The number of hydrogen-bond acceptors (Lipinski definition) is 7. The summed E-state index contributed by atoms with van der Waals surface area (Å²) in [6.07, 6.45) is -2.19. The molecule has 176 valence electrons. The van der Waals surface area contributed by atoms with Gasteiger partial charge in [0.1, 0.15) is 5.54 Å². The number of carbonyl (C=O) groups is 1. The summed E-state index contributed by atoms with van der Waals surface area (Å²) >= 11 is 0. The van der Waals surface area contributed by atoms with Crippen molar-refractivity contribution in [3.8, 4) is 11.4 Å². The summed E-state index contributed by atoms with van der Waals surface area (Å²) in [7, 11) is 0. The topological polar surface area (TPSA) is 113 Å². The van der Waals surface area contributed by atoms with E-state index in [-0.39, 0.29) is 0 Å². The van der Waals surface area contributed by atoms with Crippen LogP contribution < -0.4 is 10.6 Å². The highest BCUT2D eigenvalue weighted by Gasteiger charge is 2.38. The zero-order chi connectivity index (χ0) is 24.2. The Morgan fingerprint density at radius 3 is 2.52 bits per heavy atom. The number of aryl methyl sites for hydroxylation is 1. The van der Waals surface area contributed by atoms with Crippen molar-refractivity contribution in [1.29, 1.82) is 0 Å². The molecule has 3 heterocycles. The van der Waals surface area contributed by atoms with Crippen molar-refractivity contribution < 1.29 is 27.6 Å². The Hall–Kier alpha value is -3.47. The molecule has 33 heavy (non-hydrogen) atoms. The molecule has 0 aliphatic carbocycles. The van der Waals surface area contributed by atoms with Gasteiger partial charge in [-0.25, -0.2) is 4.79 Å². The van der Waals surface area contributed by atoms with Gasteiger partial charge in [-0.15, -0.1) is 0 Å². The second-order valence-corrected chi connectivity index (χ2v) is 7.99. The van der Waals surface area contributed by atoms with Crippen molar-refractivity contribution >= 4 is 11.7 Å². The van der Waals surface area contributed by atoms with Crippen LogP contribution in [0, 0.1) is 6.92 Å². The number of pyridine rings is 1. The minimum atomic E-state index is -5.08. The van der Waals surface area contributed by atoms with E-state index in [0.717, 1.165) is 36.5 Å². The number of nitrogens with one attached hydrogen (secondary N) is 2. The maximum absolute atomic E-state index is 10.6.